The van der Waals surface area contributed by atoms with Crippen LogP contribution in [-0.2, 0) is 19.1 Å². The number of rotatable bonds is 6. The maximum Gasteiger partial charge on any atom is 0.326 e. The van der Waals surface area contributed by atoms with E-state index in [4.69, 9.17) is 9.47 Å². The van der Waals surface area contributed by atoms with Crippen LogP contribution >= 0.6 is 0 Å². The van der Waals surface area contributed by atoms with Crippen molar-refractivity contribution in [1.82, 2.24) is 14.9 Å². The van der Waals surface area contributed by atoms with Crippen LogP contribution in [0.3, 0.4) is 0 Å². The molecule has 0 aromatic carbocycles. The number of allylic oxidation sites excluding steroid dienone is 1. The maximum absolute atomic E-state index is 13.1. The molecule has 0 radical (unpaired) electrons. The van der Waals surface area contributed by atoms with Crippen molar-refractivity contribution in [3.63, 3.8) is 0 Å². The van der Waals surface area contributed by atoms with Gasteiger partial charge in [-0.1, -0.05) is 19.3 Å². The molecule has 2 aliphatic rings. The van der Waals surface area contributed by atoms with Gasteiger partial charge in [0, 0.05) is 29.9 Å². The van der Waals surface area contributed by atoms with Crippen molar-refractivity contribution in [3.8, 4) is 0 Å². The summed E-state index contributed by atoms with van der Waals surface area (Å²) in [6, 6.07) is 3.82. The van der Waals surface area contributed by atoms with Gasteiger partial charge in [0.25, 0.3) is 0 Å². The number of hydrogen-bond acceptors (Lipinski definition) is 7. The van der Waals surface area contributed by atoms with Gasteiger partial charge in [-0.2, -0.15) is 0 Å². The summed E-state index contributed by atoms with van der Waals surface area (Å²) in [5.74, 6) is -1.89. The highest BCUT2D eigenvalue weighted by Crippen LogP contribution is 2.29. The van der Waals surface area contributed by atoms with E-state index < -0.39 is 17.7 Å². The fraction of sp³-hybridized carbons (Fsp3) is 0.478. The number of esters is 1. The van der Waals surface area contributed by atoms with Crippen LogP contribution in [0.2, 0.25) is 0 Å². The predicted molar refractivity (Wildman–Crippen MR) is 117 cm³/mol. The van der Waals surface area contributed by atoms with Crippen LogP contribution in [0.5, 0.6) is 0 Å². The molecule has 1 unspecified atom stereocenters. The number of fused-ring (bicyclic) bond motifs is 1. The van der Waals surface area contributed by atoms with Gasteiger partial charge in [0.1, 0.15) is 12.3 Å². The first-order chi connectivity index (χ1) is 15.0. The number of nitrogens with zero attached hydrogens (tertiary/aromatic N) is 3. The minimum Gasteiger partial charge on any atom is -0.463 e. The van der Waals surface area contributed by atoms with Gasteiger partial charge < -0.3 is 19.4 Å². The third-order valence-electron chi connectivity index (χ3n) is 5.64. The van der Waals surface area contributed by atoms with E-state index in [0.717, 1.165) is 42.3 Å². The number of likely N-dealkylation sites (N-methyl/N-ethyl adjacent to an activating group) is 1. The summed E-state index contributed by atoms with van der Waals surface area (Å²) >= 11 is 0. The van der Waals surface area contributed by atoms with Crippen LogP contribution in [0.4, 0.5) is 0 Å². The number of Topliss-reactive ketones (excluding diaryl/α,β-unsaturated/α-hetero) is 1. The van der Waals surface area contributed by atoms with Crippen LogP contribution in [0, 0.1) is 5.92 Å². The molecule has 2 aromatic heterocycles. The van der Waals surface area contributed by atoms with Crippen molar-refractivity contribution in [2.75, 3.05) is 27.2 Å². The molecule has 4 rings (SSSR count). The Bertz CT molecular complexity index is 1020. The van der Waals surface area contributed by atoms with E-state index >= 15 is 0 Å². The Hall–Kier alpha value is -3.00. The largest absolute Gasteiger partial charge is 0.463 e. The molecule has 1 aliphatic carbocycles. The molecule has 31 heavy (non-hydrogen) atoms. The maximum atomic E-state index is 13.1. The van der Waals surface area contributed by atoms with Crippen LogP contribution in [-0.4, -0.2) is 65.8 Å². The highest BCUT2D eigenvalue weighted by molar-refractivity contribution is 6.27. The first-order valence-corrected chi connectivity index (χ1v) is 10.8. The molecule has 0 bridgehead atoms. The Morgan fingerprint density at radius 1 is 1.35 bits per heavy atom. The van der Waals surface area contributed by atoms with Crippen molar-refractivity contribution in [2.45, 2.75) is 38.1 Å². The summed E-state index contributed by atoms with van der Waals surface area (Å²) in [5.41, 5.74) is 1.49. The van der Waals surface area contributed by atoms with Crippen LogP contribution < -0.4 is 0 Å². The number of aromatic nitrogens is 2. The Kier molecular flexibility index (Phi) is 6.46. The summed E-state index contributed by atoms with van der Waals surface area (Å²) in [7, 11) is 3.79. The Labute approximate surface area is 181 Å². The zero-order valence-electron chi connectivity index (χ0n) is 18.0. The lowest BCUT2D eigenvalue weighted by Crippen LogP contribution is -2.31. The van der Waals surface area contributed by atoms with E-state index in [-0.39, 0.29) is 24.3 Å². The van der Waals surface area contributed by atoms with Gasteiger partial charge in [0.2, 0.25) is 11.7 Å². The first-order valence-electron chi connectivity index (χ1n) is 10.8. The number of carbonyl (C=O) groups is 2. The number of aliphatic imine (C=N–C) groups is 1. The molecule has 1 saturated heterocycles. The summed E-state index contributed by atoms with van der Waals surface area (Å²) in [4.78, 5) is 39.9. The SMILES string of the molecule is CN(C)CCOC(=O)C1C(=O)/C(=C/c2c[nH]c3ncccc23)OC1=NC1CCCCC1. The zero-order valence-corrected chi connectivity index (χ0v) is 18.0. The van der Waals surface area contributed by atoms with Crippen LogP contribution in [0.15, 0.2) is 35.3 Å². The predicted octanol–water partition coefficient (Wildman–Crippen LogP) is 2.96. The second-order valence-corrected chi connectivity index (χ2v) is 8.28. The molecule has 1 atom stereocenters. The van der Waals surface area contributed by atoms with Gasteiger partial charge in [0.15, 0.2) is 11.7 Å². The number of ether oxygens (including phenoxy) is 2. The van der Waals surface area contributed by atoms with Gasteiger partial charge in [-0.25, -0.2) is 4.98 Å². The van der Waals surface area contributed by atoms with Crippen molar-refractivity contribution in [3.05, 3.63) is 35.8 Å². The number of hydrogen-bond donors (Lipinski definition) is 1. The molecule has 1 N–H and O–H groups in total. The van der Waals surface area contributed by atoms with Gasteiger partial charge in [-0.15, -0.1) is 0 Å². The monoisotopic (exact) mass is 424 g/mol. The molecule has 3 heterocycles. The molecule has 164 valence electrons. The number of ketones is 1. The molecule has 2 aromatic rings. The lowest BCUT2D eigenvalue weighted by atomic mass is 9.95. The Morgan fingerprint density at radius 2 is 2.16 bits per heavy atom. The van der Waals surface area contributed by atoms with Crippen LogP contribution in [0.1, 0.15) is 37.7 Å². The molecule has 0 spiro atoms. The van der Waals surface area contributed by atoms with E-state index in [1.807, 2.05) is 31.1 Å². The molecule has 8 heteroatoms. The molecule has 8 nitrogen and oxygen atoms in total. The molecule has 2 fully saturated rings. The van der Waals surface area contributed by atoms with Crippen molar-refractivity contribution in [2.24, 2.45) is 10.9 Å². The third-order valence-corrected chi connectivity index (χ3v) is 5.64. The first kappa shape index (κ1) is 21.2. The number of H-pyrrole nitrogens is 1. The number of pyridine rings is 1. The van der Waals surface area contributed by atoms with Gasteiger partial charge in [-0.3, -0.25) is 14.6 Å². The van der Waals surface area contributed by atoms with E-state index in [9.17, 15) is 9.59 Å². The smallest absolute Gasteiger partial charge is 0.326 e. The topological polar surface area (TPSA) is 96.9 Å². The number of aromatic amines is 1. The average molecular weight is 425 g/mol. The third kappa shape index (κ3) is 4.85. The molecule has 1 saturated carbocycles. The Morgan fingerprint density at radius 3 is 2.94 bits per heavy atom. The fourth-order valence-electron chi connectivity index (χ4n) is 3.93. The zero-order chi connectivity index (χ0) is 21.8. The molecular weight excluding hydrogens is 396 g/mol. The highest BCUT2D eigenvalue weighted by atomic mass is 16.5. The van der Waals surface area contributed by atoms with Gasteiger partial charge in [-0.05, 0) is 45.1 Å². The Balaban J connectivity index is 1.61. The average Bonchev–Trinajstić information content (AvgIpc) is 3.30. The van der Waals surface area contributed by atoms with E-state index in [0.29, 0.717) is 6.54 Å². The second kappa shape index (κ2) is 9.43. The minimum absolute atomic E-state index is 0.0743. The molecule has 1 aliphatic heterocycles. The number of carbonyl (C=O) groups excluding carboxylic acids is 2. The van der Waals surface area contributed by atoms with E-state index in [1.54, 1.807) is 18.5 Å². The van der Waals surface area contributed by atoms with E-state index in [2.05, 4.69) is 15.0 Å². The highest BCUT2D eigenvalue weighted by Gasteiger charge is 2.45. The minimum atomic E-state index is -1.14. The summed E-state index contributed by atoms with van der Waals surface area (Å²) in [5, 5.41) is 0.870. The summed E-state index contributed by atoms with van der Waals surface area (Å²) in [6.07, 6.45) is 10.4. The van der Waals surface area contributed by atoms with Crippen molar-refractivity contribution < 1.29 is 19.1 Å². The van der Waals surface area contributed by atoms with Gasteiger partial charge >= 0.3 is 5.97 Å². The van der Waals surface area contributed by atoms with Gasteiger partial charge in [0.05, 0.1) is 6.04 Å². The normalized spacial score (nSPS) is 22.5. The molecule has 0 amide bonds. The quantitative estimate of drug-likeness (QED) is 0.435. The lowest BCUT2D eigenvalue weighted by Gasteiger charge is -2.18. The summed E-state index contributed by atoms with van der Waals surface area (Å²) < 4.78 is 11.3. The standard InChI is InChI=1S/C23H28N4O4/c1-27(2)11-12-30-23(29)19-20(28)18(31-22(19)26-16-7-4-3-5-8-16)13-15-14-25-21-17(15)9-6-10-24-21/h6,9-10,13-14,16,19H,3-5,7-8,11-12H2,1-2H3,(H,24,25)/b18-13-,26-22?. The summed E-state index contributed by atoms with van der Waals surface area (Å²) in [6.45, 7) is 0.785. The molecular formula is C23H28N4O4. The number of nitrogens with one attached hydrogen (secondary N) is 1. The second-order valence-electron chi connectivity index (χ2n) is 8.28. The fourth-order valence-corrected chi connectivity index (χ4v) is 3.93. The van der Waals surface area contributed by atoms with Crippen molar-refractivity contribution >= 4 is 34.8 Å². The lowest BCUT2D eigenvalue weighted by molar-refractivity contribution is -0.148. The van der Waals surface area contributed by atoms with Crippen LogP contribution in [0.25, 0.3) is 17.1 Å². The van der Waals surface area contributed by atoms with E-state index in [1.165, 1.54) is 6.42 Å². The van der Waals surface area contributed by atoms with Crippen molar-refractivity contribution in [1.29, 1.82) is 0 Å².